The Hall–Kier alpha value is -1.58. The summed E-state index contributed by atoms with van der Waals surface area (Å²) in [5.41, 5.74) is 8.36. The average molecular weight is 397 g/mol. The third kappa shape index (κ3) is 4.05. The molecule has 1 amide bonds. The highest BCUT2D eigenvalue weighted by Gasteiger charge is 2.60. The summed E-state index contributed by atoms with van der Waals surface area (Å²) in [6.45, 7) is 3.88. The van der Waals surface area contributed by atoms with Crippen LogP contribution in [0.3, 0.4) is 0 Å². The Bertz CT molecular complexity index is 684. The van der Waals surface area contributed by atoms with E-state index in [-0.39, 0.29) is 51.3 Å². The van der Waals surface area contributed by atoms with Crippen molar-refractivity contribution in [3.05, 3.63) is 21.0 Å². The molecular weight excluding hydrogens is 380 g/mol. The number of hydrogen-bond acceptors (Lipinski definition) is 8. The van der Waals surface area contributed by atoms with Crippen LogP contribution in [0, 0.1) is 11.8 Å². The van der Waals surface area contributed by atoms with Crippen molar-refractivity contribution in [3.8, 4) is 0 Å². The van der Waals surface area contributed by atoms with Gasteiger partial charge in [0.15, 0.2) is 0 Å². The number of carbonyl (C=O) groups is 2. The molecule has 1 fully saturated rings. The van der Waals surface area contributed by atoms with Crippen molar-refractivity contribution in [3.63, 3.8) is 0 Å². The van der Waals surface area contributed by atoms with Crippen molar-refractivity contribution >= 4 is 40.2 Å². The maximum absolute atomic E-state index is 12.4. The Morgan fingerprint density at radius 1 is 1.62 bits per heavy atom. The Labute approximate surface area is 157 Å². The number of aliphatic hydroxyl groups is 1. The van der Waals surface area contributed by atoms with E-state index in [4.69, 9.17) is 22.8 Å². The van der Waals surface area contributed by atoms with Crippen LogP contribution in [0.15, 0.2) is 20.4 Å². The lowest BCUT2D eigenvalue weighted by atomic mass is 9.79. The number of fused-ring (bicyclic) bond motifs is 1. The van der Waals surface area contributed by atoms with Crippen molar-refractivity contribution in [1.82, 2.24) is 4.90 Å². The van der Waals surface area contributed by atoms with E-state index in [1.807, 2.05) is 6.92 Å². The molecule has 0 aromatic heterocycles. The monoisotopic (exact) mass is 397 g/mol. The van der Waals surface area contributed by atoms with Crippen LogP contribution in [0.4, 0.5) is 0 Å². The number of aliphatic hydroxyl groups excluding tert-OH is 1. The van der Waals surface area contributed by atoms with E-state index in [9.17, 15) is 14.7 Å². The Kier molecular flexibility index (Phi) is 7.49. The number of hydrogen-bond donors (Lipinski definition) is 1. The predicted molar refractivity (Wildman–Crippen MR) is 95.6 cm³/mol. The van der Waals surface area contributed by atoms with Gasteiger partial charge < -0.3 is 23.9 Å². The molecule has 0 aromatic rings. The van der Waals surface area contributed by atoms with Crippen molar-refractivity contribution < 1.29 is 24.0 Å². The number of thioether (sulfide) groups is 1. The van der Waals surface area contributed by atoms with Crippen molar-refractivity contribution in [1.29, 1.82) is 0 Å². The first-order valence-electron chi connectivity index (χ1n) is 7.74. The van der Waals surface area contributed by atoms with Gasteiger partial charge in [-0.15, -0.1) is 0 Å². The minimum Gasteiger partial charge on any atom is -0.393 e. The molecule has 2 rings (SSSR count). The van der Waals surface area contributed by atoms with Gasteiger partial charge in [0.05, 0.1) is 30.6 Å². The van der Waals surface area contributed by atoms with Gasteiger partial charge in [0, 0.05) is 22.3 Å². The molecule has 26 heavy (non-hydrogen) atoms. The first kappa shape index (κ1) is 20.7. The maximum atomic E-state index is 12.4. The van der Waals surface area contributed by atoms with E-state index in [0.717, 1.165) is 0 Å². The largest absolute Gasteiger partial charge is 0.393 e. The molecule has 0 saturated carbocycles. The second-order valence-corrected chi connectivity index (χ2v) is 7.21. The molecule has 4 atom stereocenters. The SMILES string of the molecule is [B]N=POC(=O)C1=C(SCOCCN=[N+]=[N-])C(C)C2C(C(C)O)C(=O)N12. The highest BCUT2D eigenvalue weighted by molar-refractivity contribution is 8.03. The summed E-state index contributed by atoms with van der Waals surface area (Å²) in [6, 6.07) is -0.303. The number of ether oxygens (including phenoxy) is 1. The molecule has 0 aliphatic carbocycles. The van der Waals surface area contributed by atoms with Crippen LogP contribution in [0.5, 0.6) is 0 Å². The number of amides is 1. The standard InChI is InChI=1S/C13H17BN5O5PS/c1-6-9-8(7(2)20)12(21)19(9)10(13(22)24-25-17-14)11(6)26-5-23-4-3-16-18-15/h6-9,20H,3-5H2,1-2H3. The molecule has 2 aliphatic heterocycles. The predicted octanol–water partition coefficient (Wildman–Crippen LogP) is 1.74. The van der Waals surface area contributed by atoms with Gasteiger partial charge in [0.1, 0.15) is 5.70 Å². The van der Waals surface area contributed by atoms with Gasteiger partial charge in [0.2, 0.25) is 14.5 Å². The maximum Gasteiger partial charge on any atom is 0.365 e. The number of rotatable bonds is 9. The van der Waals surface area contributed by atoms with Crippen molar-refractivity contribution in [2.75, 3.05) is 19.1 Å². The third-order valence-corrected chi connectivity index (χ3v) is 5.67. The summed E-state index contributed by atoms with van der Waals surface area (Å²) in [7, 11) is 4.92. The molecule has 10 nitrogen and oxygen atoms in total. The normalized spacial score (nSPS) is 25.7. The number of carbonyl (C=O) groups excluding carboxylic acids is 2. The molecule has 2 radical (unpaired) electrons. The fourth-order valence-corrected chi connectivity index (χ4v) is 4.38. The fourth-order valence-electron chi connectivity index (χ4n) is 3.12. The Balaban J connectivity index is 2.15. The first-order valence-corrected chi connectivity index (χ1v) is 9.49. The Morgan fingerprint density at radius 2 is 2.35 bits per heavy atom. The minimum absolute atomic E-state index is 0.0690. The van der Waals surface area contributed by atoms with Crippen molar-refractivity contribution in [2.45, 2.75) is 26.0 Å². The molecular formula is C13H17BN5O5PS. The van der Waals surface area contributed by atoms with Crippen LogP contribution < -0.4 is 0 Å². The van der Waals surface area contributed by atoms with Gasteiger partial charge >= 0.3 is 5.97 Å². The summed E-state index contributed by atoms with van der Waals surface area (Å²) in [6.07, 6.45) is -0.815. The minimum atomic E-state index is -0.815. The zero-order valence-corrected chi connectivity index (χ0v) is 15.9. The highest BCUT2D eigenvalue weighted by Crippen LogP contribution is 2.50. The van der Waals surface area contributed by atoms with E-state index < -0.39 is 18.0 Å². The van der Waals surface area contributed by atoms with Crippen molar-refractivity contribution in [2.24, 2.45) is 21.6 Å². The van der Waals surface area contributed by atoms with Gasteiger partial charge in [-0.1, -0.05) is 23.8 Å². The molecule has 0 aromatic carbocycles. The average Bonchev–Trinajstić information content (AvgIpc) is 2.84. The second-order valence-electron chi connectivity index (χ2n) is 5.67. The summed E-state index contributed by atoms with van der Waals surface area (Å²) < 4.78 is 13.5. The van der Waals surface area contributed by atoms with Crippen LogP contribution in [-0.2, 0) is 18.8 Å². The summed E-state index contributed by atoms with van der Waals surface area (Å²) in [5.74, 6) is -1.53. The van der Waals surface area contributed by atoms with Gasteiger partial charge in [-0.3, -0.25) is 4.79 Å². The van der Waals surface area contributed by atoms with Crippen LogP contribution in [0.25, 0.3) is 10.4 Å². The topological polar surface area (TPSA) is 137 Å². The molecule has 2 aliphatic rings. The highest BCUT2D eigenvalue weighted by atomic mass is 32.2. The molecule has 138 valence electrons. The lowest BCUT2D eigenvalue weighted by molar-refractivity contribution is -0.162. The quantitative estimate of drug-likeness (QED) is 0.0920. The van der Waals surface area contributed by atoms with Crippen LogP contribution in [0.1, 0.15) is 13.8 Å². The van der Waals surface area contributed by atoms with E-state index in [1.165, 1.54) is 16.7 Å². The van der Waals surface area contributed by atoms with E-state index in [1.54, 1.807) is 6.92 Å². The van der Waals surface area contributed by atoms with Gasteiger partial charge in [-0.25, -0.2) is 4.79 Å². The van der Waals surface area contributed by atoms with Gasteiger partial charge in [-0.2, -0.15) is 0 Å². The zero-order chi connectivity index (χ0) is 19.3. The van der Waals surface area contributed by atoms with Crippen LogP contribution in [-0.4, -0.2) is 61.1 Å². The molecule has 1 N–H and O–H groups in total. The zero-order valence-electron chi connectivity index (χ0n) is 14.2. The number of nitrogens with zero attached hydrogens (tertiary/aromatic N) is 5. The van der Waals surface area contributed by atoms with Crippen LogP contribution in [0.2, 0.25) is 0 Å². The van der Waals surface area contributed by atoms with E-state index >= 15 is 0 Å². The lowest BCUT2D eigenvalue weighted by Gasteiger charge is -2.46. The second kappa shape index (κ2) is 9.39. The van der Waals surface area contributed by atoms with Gasteiger partial charge in [-0.05, 0) is 12.5 Å². The fraction of sp³-hybridized carbons (Fsp3) is 0.692. The molecule has 0 bridgehead atoms. The summed E-state index contributed by atoms with van der Waals surface area (Å²) >= 11 is 1.26. The summed E-state index contributed by atoms with van der Waals surface area (Å²) in [5, 5.41) is 13.2. The molecule has 1 saturated heterocycles. The number of β-lactam (4-membered cyclic amide) rings is 1. The molecule has 0 spiro atoms. The molecule has 2 heterocycles. The third-order valence-electron chi connectivity index (χ3n) is 4.17. The molecule has 13 heteroatoms. The Morgan fingerprint density at radius 3 is 2.96 bits per heavy atom. The van der Waals surface area contributed by atoms with E-state index in [0.29, 0.717) is 4.91 Å². The van der Waals surface area contributed by atoms with E-state index in [2.05, 4.69) is 14.7 Å². The van der Waals surface area contributed by atoms with Crippen LogP contribution >= 0.6 is 20.4 Å². The first-order chi connectivity index (χ1) is 12.5. The lowest BCUT2D eigenvalue weighted by Crippen LogP contribution is -2.63. The van der Waals surface area contributed by atoms with Gasteiger partial charge in [0.25, 0.3) is 7.98 Å². The number of azide groups is 1. The summed E-state index contributed by atoms with van der Waals surface area (Å²) in [4.78, 5) is 29.4. The molecule has 4 unspecified atom stereocenters. The smallest absolute Gasteiger partial charge is 0.365 e.